The maximum absolute atomic E-state index is 10.6. The molecular weight excluding hydrogens is 243 g/mol. The van der Waals surface area contributed by atoms with Crippen LogP contribution < -0.4 is 5.32 Å². The van der Waals surface area contributed by atoms with Gasteiger partial charge in [0.25, 0.3) is 5.69 Å². The van der Waals surface area contributed by atoms with Crippen molar-refractivity contribution in [2.24, 2.45) is 0 Å². The Bertz CT molecular complexity index is 396. The van der Waals surface area contributed by atoms with E-state index in [1.54, 1.807) is 0 Å². The molecule has 0 aliphatic carbocycles. The number of rotatable bonds is 3. The fourth-order valence-corrected chi connectivity index (χ4v) is 1.35. The number of benzene rings is 1. The van der Waals surface area contributed by atoms with Gasteiger partial charge >= 0.3 is 0 Å². The van der Waals surface area contributed by atoms with E-state index in [9.17, 15) is 10.1 Å². The number of nitrogens with one attached hydrogen (secondary N) is 1. The Morgan fingerprint density at radius 3 is 2.47 bits per heavy atom. The molecule has 0 saturated carbocycles. The summed E-state index contributed by atoms with van der Waals surface area (Å²) in [6.45, 7) is 1.44. The van der Waals surface area contributed by atoms with E-state index in [2.05, 4.69) is 5.32 Å². The number of halogens is 2. The second-order valence-corrected chi connectivity index (χ2v) is 3.68. The van der Waals surface area contributed by atoms with E-state index in [0.29, 0.717) is 0 Å². The number of hydrogen-bond acceptors (Lipinski definition) is 4. The third-order valence-electron chi connectivity index (χ3n) is 1.60. The molecule has 0 aliphatic rings. The normalized spacial score (nSPS) is 12.3. The molecule has 1 aromatic rings. The SMILES string of the molecule is CC(O)Nc1cc(Cl)c(Cl)cc1[N+](=O)[O-]. The van der Waals surface area contributed by atoms with Crippen LogP contribution in [0.1, 0.15) is 6.92 Å². The number of aliphatic hydroxyl groups excluding tert-OH is 1. The first-order chi connectivity index (χ1) is 6.91. The summed E-state index contributed by atoms with van der Waals surface area (Å²) in [6.07, 6.45) is -0.916. The van der Waals surface area contributed by atoms with Crippen molar-refractivity contribution in [2.75, 3.05) is 5.32 Å². The van der Waals surface area contributed by atoms with Gasteiger partial charge in [-0.3, -0.25) is 10.1 Å². The van der Waals surface area contributed by atoms with Gasteiger partial charge in [0.1, 0.15) is 11.9 Å². The van der Waals surface area contributed by atoms with E-state index in [1.165, 1.54) is 13.0 Å². The third kappa shape index (κ3) is 2.95. The predicted molar refractivity (Wildman–Crippen MR) is 58.4 cm³/mol. The van der Waals surface area contributed by atoms with E-state index in [0.717, 1.165) is 6.07 Å². The molecule has 5 nitrogen and oxygen atoms in total. The molecule has 0 saturated heterocycles. The topological polar surface area (TPSA) is 75.4 Å². The molecule has 1 atom stereocenters. The van der Waals surface area contributed by atoms with Crippen molar-refractivity contribution in [1.29, 1.82) is 0 Å². The maximum Gasteiger partial charge on any atom is 0.293 e. The van der Waals surface area contributed by atoms with Gasteiger partial charge < -0.3 is 10.4 Å². The highest BCUT2D eigenvalue weighted by atomic mass is 35.5. The van der Waals surface area contributed by atoms with Crippen LogP contribution >= 0.6 is 23.2 Å². The van der Waals surface area contributed by atoms with Gasteiger partial charge in [-0.05, 0) is 13.0 Å². The van der Waals surface area contributed by atoms with Crippen LogP contribution in [0.25, 0.3) is 0 Å². The average molecular weight is 251 g/mol. The van der Waals surface area contributed by atoms with Gasteiger partial charge in [0.05, 0.1) is 15.0 Å². The summed E-state index contributed by atoms with van der Waals surface area (Å²) in [5.74, 6) is 0. The number of hydrogen-bond donors (Lipinski definition) is 2. The van der Waals surface area contributed by atoms with Crippen molar-refractivity contribution in [1.82, 2.24) is 0 Å². The first-order valence-corrected chi connectivity index (χ1v) is 4.75. The average Bonchev–Trinajstić information content (AvgIpc) is 2.09. The standard InChI is InChI=1S/C8H8Cl2N2O3/c1-4(13)11-7-2-5(9)6(10)3-8(7)12(14)15/h2-4,11,13H,1H3. The molecule has 0 aliphatic heterocycles. The molecule has 0 heterocycles. The molecule has 2 N–H and O–H groups in total. The Hall–Kier alpha value is -1.04. The fraction of sp³-hybridized carbons (Fsp3) is 0.250. The molecule has 1 aromatic carbocycles. The second kappa shape index (κ2) is 4.65. The predicted octanol–water partition coefficient (Wildman–Crippen LogP) is 2.65. The highest BCUT2D eigenvalue weighted by molar-refractivity contribution is 6.42. The quantitative estimate of drug-likeness (QED) is 0.492. The Kier molecular flexibility index (Phi) is 3.73. The van der Waals surface area contributed by atoms with Crippen LogP contribution in [0.2, 0.25) is 10.0 Å². The molecule has 0 aromatic heterocycles. The lowest BCUT2D eigenvalue weighted by molar-refractivity contribution is -0.384. The lowest BCUT2D eigenvalue weighted by Crippen LogP contribution is -2.14. The third-order valence-corrected chi connectivity index (χ3v) is 2.32. The Labute approximate surface area is 95.8 Å². The Morgan fingerprint density at radius 2 is 2.00 bits per heavy atom. The summed E-state index contributed by atoms with van der Waals surface area (Å²) in [7, 11) is 0. The summed E-state index contributed by atoms with van der Waals surface area (Å²) in [5.41, 5.74) is -0.102. The van der Waals surface area contributed by atoms with E-state index in [1.807, 2.05) is 0 Å². The molecule has 0 spiro atoms. The van der Waals surface area contributed by atoms with Crippen LogP contribution in [0.15, 0.2) is 12.1 Å². The first-order valence-electron chi connectivity index (χ1n) is 4.00. The Balaban J connectivity index is 3.22. The number of nitro benzene ring substituents is 1. The van der Waals surface area contributed by atoms with Gasteiger partial charge in [0.2, 0.25) is 0 Å². The summed E-state index contributed by atoms with van der Waals surface area (Å²) in [6, 6.07) is 2.43. The second-order valence-electron chi connectivity index (χ2n) is 2.86. The van der Waals surface area contributed by atoms with Crippen LogP contribution in [0.3, 0.4) is 0 Å². The number of aliphatic hydroxyl groups is 1. The van der Waals surface area contributed by atoms with Crippen LogP contribution in [0, 0.1) is 10.1 Å². The molecule has 0 amide bonds. The van der Waals surface area contributed by atoms with Crippen LogP contribution in [0.5, 0.6) is 0 Å². The molecule has 0 fully saturated rings. The summed E-state index contributed by atoms with van der Waals surface area (Å²) < 4.78 is 0. The molecule has 7 heteroatoms. The minimum absolute atomic E-state index is 0.0968. The fourth-order valence-electron chi connectivity index (χ4n) is 1.03. The van der Waals surface area contributed by atoms with Gasteiger partial charge in [-0.15, -0.1) is 0 Å². The monoisotopic (exact) mass is 250 g/mol. The summed E-state index contributed by atoms with van der Waals surface area (Å²) >= 11 is 11.3. The first kappa shape index (κ1) is 12.0. The van der Waals surface area contributed by atoms with E-state index >= 15 is 0 Å². The lowest BCUT2D eigenvalue weighted by atomic mass is 10.2. The number of anilines is 1. The van der Waals surface area contributed by atoms with Crippen molar-refractivity contribution in [3.63, 3.8) is 0 Å². The minimum Gasteiger partial charge on any atom is -0.374 e. The van der Waals surface area contributed by atoms with Crippen LogP contribution in [-0.4, -0.2) is 16.3 Å². The smallest absolute Gasteiger partial charge is 0.293 e. The van der Waals surface area contributed by atoms with Gasteiger partial charge in [-0.1, -0.05) is 23.2 Å². The molecule has 15 heavy (non-hydrogen) atoms. The van der Waals surface area contributed by atoms with Gasteiger partial charge in [0.15, 0.2) is 0 Å². The van der Waals surface area contributed by atoms with Gasteiger partial charge in [-0.25, -0.2) is 0 Å². The molecule has 82 valence electrons. The van der Waals surface area contributed by atoms with E-state index in [4.69, 9.17) is 28.3 Å². The van der Waals surface area contributed by atoms with E-state index in [-0.39, 0.29) is 21.4 Å². The van der Waals surface area contributed by atoms with Crippen molar-refractivity contribution < 1.29 is 10.0 Å². The largest absolute Gasteiger partial charge is 0.374 e. The van der Waals surface area contributed by atoms with E-state index < -0.39 is 11.2 Å². The summed E-state index contributed by atoms with van der Waals surface area (Å²) in [5, 5.41) is 22.5. The molecular formula is C8H8Cl2N2O3. The maximum atomic E-state index is 10.6. The number of nitrogens with zero attached hydrogens (tertiary/aromatic N) is 1. The molecule has 1 rings (SSSR count). The summed E-state index contributed by atoms with van der Waals surface area (Å²) in [4.78, 5) is 10.0. The lowest BCUT2D eigenvalue weighted by Gasteiger charge is -2.10. The van der Waals surface area contributed by atoms with Crippen molar-refractivity contribution in [3.8, 4) is 0 Å². The molecule has 1 unspecified atom stereocenters. The van der Waals surface area contributed by atoms with Crippen molar-refractivity contribution in [2.45, 2.75) is 13.2 Å². The van der Waals surface area contributed by atoms with Crippen LogP contribution in [0.4, 0.5) is 11.4 Å². The number of nitro groups is 1. The van der Waals surface area contributed by atoms with Crippen LogP contribution in [-0.2, 0) is 0 Å². The Morgan fingerprint density at radius 1 is 1.47 bits per heavy atom. The van der Waals surface area contributed by atoms with Gasteiger partial charge in [0, 0.05) is 6.07 Å². The van der Waals surface area contributed by atoms with Gasteiger partial charge in [-0.2, -0.15) is 0 Å². The zero-order chi connectivity index (χ0) is 11.6. The highest BCUT2D eigenvalue weighted by Crippen LogP contribution is 2.34. The zero-order valence-corrected chi connectivity index (χ0v) is 9.21. The van der Waals surface area contributed by atoms with Crippen molar-refractivity contribution >= 4 is 34.6 Å². The highest BCUT2D eigenvalue weighted by Gasteiger charge is 2.17. The zero-order valence-electron chi connectivity index (χ0n) is 7.70. The van der Waals surface area contributed by atoms with Crippen molar-refractivity contribution in [3.05, 3.63) is 32.3 Å². The molecule has 0 bridgehead atoms. The minimum atomic E-state index is -0.916. The molecule has 0 radical (unpaired) electrons.